The second kappa shape index (κ2) is 8.32. The van der Waals surface area contributed by atoms with E-state index < -0.39 is 11.7 Å². The van der Waals surface area contributed by atoms with Crippen molar-refractivity contribution in [2.75, 3.05) is 26.0 Å². The zero-order valence-electron chi connectivity index (χ0n) is 14.7. The number of aromatic nitrogens is 2. The third-order valence-electron chi connectivity index (χ3n) is 2.79. The molecular weight excluding hydrogens is 314 g/mol. The molecule has 9 heteroatoms. The predicted molar refractivity (Wildman–Crippen MR) is 88.7 cm³/mol. The molecule has 0 unspecified atom stereocenters. The fourth-order valence-corrected chi connectivity index (χ4v) is 1.74. The topological polar surface area (TPSA) is 116 Å². The first-order valence-electron chi connectivity index (χ1n) is 7.62. The van der Waals surface area contributed by atoms with Crippen LogP contribution >= 0.6 is 0 Å². The van der Waals surface area contributed by atoms with Gasteiger partial charge in [0.05, 0.1) is 6.20 Å². The maximum absolute atomic E-state index is 11.9. The van der Waals surface area contributed by atoms with Gasteiger partial charge in [-0.15, -0.1) is 0 Å². The molecule has 3 N–H and O–H groups in total. The second-order valence-electron chi connectivity index (χ2n) is 6.44. The summed E-state index contributed by atoms with van der Waals surface area (Å²) in [4.78, 5) is 36.7. The second-order valence-corrected chi connectivity index (χ2v) is 6.44. The highest BCUT2D eigenvalue weighted by Gasteiger charge is 2.18. The Kier molecular flexibility index (Phi) is 6.75. The Morgan fingerprint density at radius 1 is 1.29 bits per heavy atom. The van der Waals surface area contributed by atoms with Crippen molar-refractivity contribution in [2.24, 2.45) is 0 Å². The van der Waals surface area contributed by atoms with E-state index >= 15 is 0 Å². The number of nitrogens with one attached hydrogen (secondary N) is 3. The van der Waals surface area contributed by atoms with Gasteiger partial charge in [-0.05, 0) is 27.2 Å². The van der Waals surface area contributed by atoms with Crippen molar-refractivity contribution in [3.8, 4) is 0 Å². The predicted octanol–water partition coefficient (Wildman–Crippen LogP) is 1.35. The molecule has 0 aromatic carbocycles. The van der Waals surface area contributed by atoms with Crippen LogP contribution in [-0.2, 0) is 9.53 Å². The maximum atomic E-state index is 11.9. The molecule has 1 rings (SSSR count). The van der Waals surface area contributed by atoms with Crippen molar-refractivity contribution in [3.63, 3.8) is 0 Å². The van der Waals surface area contributed by atoms with Crippen LogP contribution < -0.4 is 10.6 Å². The van der Waals surface area contributed by atoms with Crippen molar-refractivity contribution in [1.82, 2.24) is 20.4 Å². The lowest BCUT2D eigenvalue weighted by atomic mass is 10.2. The summed E-state index contributed by atoms with van der Waals surface area (Å²) >= 11 is 0. The van der Waals surface area contributed by atoms with Gasteiger partial charge in [-0.2, -0.15) is 5.10 Å². The largest absolute Gasteiger partial charge is 0.444 e. The molecule has 0 aliphatic heterocycles. The van der Waals surface area contributed by atoms with Gasteiger partial charge in [0.25, 0.3) is 5.91 Å². The van der Waals surface area contributed by atoms with E-state index in [1.54, 1.807) is 34.9 Å². The zero-order chi connectivity index (χ0) is 18.3. The molecule has 0 atom stereocenters. The number of aromatic amines is 1. The van der Waals surface area contributed by atoms with Gasteiger partial charge in [0.2, 0.25) is 5.91 Å². The van der Waals surface area contributed by atoms with Gasteiger partial charge in [-0.25, -0.2) is 4.79 Å². The lowest BCUT2D eigenvalue weighted by Crippen LogP contribution is -2.33. The lowest BCUT2D eigenvalue weighted by Gasteiger charge is -2.19. The SMILES string of the molecule is CN(C)C(=O)c1cn[nH]c1NC(=O)CCCNC(=O)OC(C)(C)C. The molecule has 0 saturated heterocycles. The molecule has 0 fully saturated rings. The van der Waals surface area contributed by atoms with Crippen LogP contribution in [0, 0.1) is 0 Å². The Bertz CT molecular complexity index is 589. The number of rotatable bonds is 6. The molecule has 1 aromatic heterocycles. The normalized spacial score (nSPS) is 10.9. The van der Waals surface area contributed by atoms with Crippen molar-refractivity contribution in [1.29, 1.82) is 0 Å². The molecular formula is C15H25N5O4. The number of ether oxygens (including phenoxy) is 1. The molecule has 24 heavy (non-hydrogen) atoms. The number of anilines is 1. The molecule has 3 amide bonds. The van der Waals surface area contributed by atoms with Crippen LogP contribution in [0.2, 0.25) is 0 Å². The van der Waals surface area contributed by atoms with Crippen molar-refractivity contribution < 1.29 is 19.1 Å². The van der Waals surface area contributed by atoms with Gasteiger partial charge in [0.15, 0.2) is 0 Å². The summed E-state index contributed by atoms with van der Waals surface area (Å²) < 4.78 is 5.09. The van der Waals surface area contributed by atoms with E-state index in [1.807, 2.05) is 0 Å². The highest BCUT2D eigenvalue weighted by atomic mass is 16.6. The van der Waals surface area contributed by atoms with Crippen LogP contribution in [0.1, 0.15) is 44.0 Å². The molecule has 134 valence electrons. The van der Waals surface area contributed by atoms with Crippen LogP contribution in [0.3, 0.4) is 0 Å². The Hall–Kier alpha value is -2.58. The summed E-state index contributed by atoms with van der Waals surface area (Å²) in [6.07, 6.45) is 1.47. The third-order valence-corrected chi connectivity index (χ3v) is 2.79. The highest BCUT2D eigenvalue weighted by Crippen LogP contribution is 2.13. The van der Waals surface area contributed by atoms with Crippen molar-refractivity contribution in [2.45, 2.75) is 39.2 Å². The first kappa shape index (κ1) is 19.5. The molecule has 9 nitrogen and oxygen atoms in total. The van der Waals surface area contributed by atoms with Crippen molar-refractivity contribution >= 4 is 23.7 Å². The monoisotopic (exact) mass is 339 g/mol. The highest BCUT2D eigenvalue weighted by molar-refractivity contribution is 6.02. The smallest absolute Gasteiger partial charge is 0.407 e. The van der Waals surface area contributed by atoms with Crippen molar-refractivity contribution in [3.05, 3.63) is 11.8 Å². The van der Waals surface area contributed by atoms with E-state index in [2.05, 4.69) is 20.8 Å². The molecule has 0 bridgehead atoms. The van der Waals surface area contributed by atoms with E-state index in [0.29, 0.717) is 18.5 Å². The summed E-state index contributed by atoms with van der Waals surface area (Å²) in [6, 6.07) is 0. The minimum Gasteiger partial charge on any atom is -0.444 e. The van der Waals surface area contributed by atoms with Gasteiger partial charge < -0.3 is 20.3 Å². The fourth-order valence-electron chi connectivity index (χ4n) is 1.74. The van der Waals surface area contributed by atoms with Crippen LogP contribution in [0.15, 0.2) is 6.20 Å². The molecule has 0 radical (unpaired) electrons. The average molecular weight is 339 g/mol. The fraction of sp³-hybridized carbons (Fsp3) is 0.600. The zero-order valence-corrected chi connectivity index (χ0v) is 14.7. The van der Waals surface area contributed by atoms with Gasteiger partial charge in [0.1, 0.15) is 17.0 Å². The number of alkyl carbamates (subject to hydrolysis) is 1. The lowest BCUT2D eigenvalue weighted by molar-refractivity contribution is -0.116. The van der Waals surface area contributed by atoms with E-state index in [1.165, 1.54) is 11.1 Å². The van der Waals surface area contributed by atoms with E-state index in [0.717, 1.165) is 0 Å². The molecule has 0 aliphatic rings. The van der Waals surface area contributed by atoms with Crippen LogP contribution in [0.25, 0.3) is 0 Å². The Balaban J connectivity index is 2.37. The minimum atomic E-state index is -0.558. The molecule has 1 heterocycles. The quantitative estimate of drug-likeness (QED) is 0.677. The van der Waals surface area contributed by atoms with Gasteiger partial charge in [-0.3, -0.25) is 14.7 Å². The number of carbonyl (C=O) groups excluding carboxylic acids is 3. The van der Waals surface area contributed by atoms with E-state index in [4.69, 9.17) is 4.74 Å². The average Bonchev–Trinajstić information content (AvgIpc) is 2.88. The summed E-state index contributed by atoms with van der Waals surface area (Å²) in [5.41, 5.74) is -0.266. The molecule has 1 aromatic rings. The Morgan fingerprint density at radius 2 is 1.96 bits per heavy atom. The van der Waals surface area contributed by atoms with Crippen LogP contribution in [-0.4, -0.2) is 59.2 Å². The Morgan fingerprint density at radius 3 is 2.54 bits per heavy atom. The third kappa shape index (κ3) is 6.67. The first-order valence-corrected chi connectivity index (χ1v) is 7.62. The van der Waals surface area contributed by atoms with Gasteiger partial charge in [0, 0.05) is 27.1 Å². The van der Waals surface area contributed by atoms with Gasteiger partial charge >= 0.3 is 6.09 Å². The first-order chi connectivity index (χ1) is 11.1. The van der Waals surface area contributed by atoms with E-state index in [-0.39, 0.29) is 24.1 Å². The standard InChI is InChI=1S/C15H25N5O4/c1-15(2,3)24-14(23)16-8-6-7-11(21)18-12-10(9-17-19-12)13(22)20(4)5/h9H,6-8H2,1-5H3,(H,16,23)(H2,17,18,19,21). The van der Waals surface area contributed by atoms with Crippen LogP contribution in [0.4, 0.5) is 10.6 Å². The maximum Gasteiger partial charge on any atom is 0.407 e. The molecule has 0 spiro atoms. The number of H-pyrrole nitrogens is 1. The minimum absolute atomic E-state index is 0.185. The number of hydrogen-bond donors (Lipinski definition) is 3. The molecule has 0 saturated carbocycles. The summed E-state index contributed by atoms with van der Waals surface area (Å²) in [5.74, 6) is -0.275. The number of amides is 3. The van der Waals surface area contributed by atoms with E-state index in [9.17, 15) is 14.4 Å². The summed E-state index contributed by atoms with van der Waals surface area (Å²) in [5, 5.41) is 11.5. The summed E-state index contributed by atoms with van der Waals surface area (Å²) in [7, 11) is 3.23. The molecule has 0 aliphatic carbocycles. The number of nitrogens with zero attached hydrogens (tertiary/aromatic N) is 2. The van der Waals surface area contributed by atoms with Gasteiger partial charge in [-0.1, -0.05) is 0 Å². The number of hydrogen-bond acceptors (Lipinski definition) is 5. The Labute approximate surface area is 141 Å². The summed E-state index contributed by atoms with van der Waals surface area (Å²) in [6.45, 7) is 5.64. The van der Waals surface area contributed by atoms with Crippen LogP contribution in [0.5, 0.6) is 0 Å². The number of carbonyl (C=O) groups is 3.